The normalized spacial score (nSPS) is 37.4. The van der Waals surface area contributed by atoms with Gasteiger partial charge in [-0.25, -0.2) is 0 Å². The van der Waals surface area contributed by atoms with Crippen LogP contribution in [-0.4, -0.2) is 167 Å². The highest BCUT2D eigenvalue weighted by Gasteiger charge is 2.52. The summed E-state index contributed by atoms with van der Waals surface area (Å²) in [6.07, 6.45) is -26.1. The van der Waals surface area contributed by atoms with Gasteiger partial charge in [-0.3, -0.25) is 4.79 Å². The van der Waals surface area contributed by atoms with Crippen LogP contribution in [0.15, 0.2) is 39.5 Å². The van der Waals surface area contributed by atoms with Crippen LogP contribution >= 0.6 is 0 Å². The first-order chi connectivity index (χ1) is 25.5. The fourth-order valence-electron chi connectivity index (χ4n) is 6.44. The van der Waals surface area contributed by atoms with E-state index >= 15 is 0 Å². The van der Waals surface area contributed by atoms with Crippen molar-refractivity contribution in [2.45, 2.75) is 106 Å². The quantitative estimate of drug-likeness (QED) is 0.102. The minimum absolute atomic E-state index is 0.119. The third kappa shape index (κ3) is 7.46. The summed E-state index contributed by atoms with van der Waals surface area (Å²) in [6, 6.07) is 5.96. The summed E-state index contributed by atoms with van der Waals surface area (Å²) < 4.78 is 40.2. The summed E-state index contributed by atoms with van der Waals surface area (Å²) in [5, 5.41) is 125. The van der Waals surface area contributed by atoms with Gasteiger partial charge in [0.2, 0.25) is 17.5 Å². The largest absolute Gasteiger partial charge is 0.508 e. The molecule has 12 N–H and O–H groups in total. The number of aromatic hydroxyl groups is 3. The van der Waals surface area contributed by atoms with E-state index in [0.717, 1.165) is 12.1 Å². The molecule has 0 spiro atoms. The number of aliphatic hydroxyl groups excluding tert-OH is 9. The molecule has 298 valence electrons. The molecule has 20 heteroatoms. The highest BCUT2D eigenvalue weighted by atomic mass is 16.8. The molecule has 0 saturated carbocycles. The van der Waals surface area contributed by atoms with Crippen molar-refractivity contribution in [3.63, 3.8) is 0 Å². The highest BCUT2D eigenvalue weighted by molar-refractivity contribution is 5.88. The second-order valence-electron chi connectivity index (χ2n) is 13.4. The van der Waals surface area contributed by atoms with E-state index in [2.05, 4.69) is 0 Å². The molecule has 2 aromatic carbocycles. The summed E-state index contributed by atoms with van der Waals surface area (Å²) in [5.74, 6) is -2.33. The topological polar surface area (TPSA) is 328 Å². The van der Waals surface area contributed by atoms with Crippen molar-refractivity contribution in [2.75, 3.05) is 13.2 Å². The van der Waals surface area contributed by atoms with Gasteiger partial charge in [0.05, 0.1) is 19.3 Å². The molecule has 3 aliphatic heterocycles. The number of phenols is 3. The number of aryl methyl sites for hydroxylation is 1. The van der Waals surface area contributed by atoms with E-state index in [9.17, 15) is 66.1 Å². The standard InChI is InChI=1S/C34H42O20/c1-10-5-12(3-4-14(10)37)29-30(23(42)19-15(38)6-13(36)7-16(19)50-29)53-34-31(54-33-28(47)25(44)21(40)17(8-35)51-33)26(45)22(41)18(52-34)9-48-32-27(46)24(43)20(39)11(2)49-32/h3-7,11,17-18,20-22,24-28,31-41,43-47H,8-9H2,1-2H3/t11?,17?,18?,20-,21+,22-,24-,25+,26+,27?,28?,31?,32+,33-,34-/m0/s1. The molecule has 54 heavy (non-hydrogen) atoms. The van der Waals surface area contributed by atoms with Crippen LogP contribution < -0.4 is 10.2 Å². The molecule has 0 amide bonds. The number of benzene rings is 2. The van der Waals surface area contributed by atoms with Crippen molar-refractivity contribution < 1.29 is 94.1 Å². The molecule has 3 fully saturated rings. The molecule has 0 radical (unpaired) electrons. The van der Waals surface area contributed by atoms with Crippen LogP contribution in [0.5, 0.6) is 23.0 Å². The molecular weight excluding hydrogens is 728 g/mol. The number of rotatable bonds is 9. The van der Waals surface area contributed by atoms with E-state index < -0.39 is 133 Å². The van der Waals surface area contributed by atoms with Gasteiger partial charge in [0.1, 0.15) is 89.3 Å². The van der Waals surface area contributed by atoms with E-state index in [1.165, 1.54) is 25.1 Å². The number of phenolic OH excluding ortho intramolecular Hbond substituents is 3. The molecule has 20 nitrogen and oxygen atoms in total. The molecule has 3 aromatic rings. The van der Waals surface area contributed by atoms with Crippen LogP contribution in [0.4, 0.5) is 0 Å². The summed E-state index contributed by atoms with van der Waals surface area (Å²) in [6.45, 7) is 1.40. The fourth-order valence-corrected chi connectivity index (χ4v) is 6.44. The molecule has 4 heterocycles. The molecule has 3 saturated heterocycles. The van der Waals surface area contributed by atoms with Crippen molar-refractivity contribution in [2.24, 2.45) is 0 Å². The third-order valence-electron chi connectivity index (χ3n) is 9.63. The van der Waals surface area contributed by atoms with Gasteiger partial charge < -0.3 is 94.1 Å². The lowest BCUT2D eigenvalue weighted by Gasteiger charge is -2.46. The maximum Gasteiger partial charge on any atom is 0.239 e. The lowest BCUT2D eigenvalue weighted by atomic mass is 9.97. The minimum atomic E-state index is -2.06. The van der Waals surface area contributed by atoms with E-state index in [1.807, 2.05) is 0 Å². The molecule has 6 rings (SSSR count). The predicted octanol–water partition coefficient (Wildman–Crippen LogP) is -3.26. The Bertz CT molecular complexity index is 1850. The second-order valence-corrected chi connectivity index (χ2v) is 13.4. The molecule has 1 aromatic heterocycles. The second kappa shape index (κ2) is 15.8. The van der Waals surface area contributed by atoms with Crippen LogP contribution in [0.25, 0.3) is 22.3 Å². The zero-order valence-electron chi connectivity index (χ0n) is 28.6. The van der Waals surface area contributed by atoms with E-state index in [4.69, 9.17) is 32.8 Å². The molecular formula is C34H42O20. The summed E-state index contributed by atoms with van der Waals surface area (Å²) in [5.41, 5.74) is -0.882. The Balaban J connectivity index is 1.40. The number of hydrogen-bond acceptors (Lipinski definition) is 20. The summed E-state index contributed by atoms with van der Waals surface area (Å²) >= 11 is 0. The smallest absolute Gasteiger partial charge is 0.239 e. The monoisotopic (exact) mass is 770 g/mol. The summed E-state index contributed by atoms with van der Waals surface area (Å²) in [7, 11) is 0. The summed E-state index contributed by atoms with van der Waals surface area (Å²) in [4.78, 5) is 14.1. The van der Waals surface area contributed by atoms with Gasteiger partial charge in [0.15, 0.2) is 24.4 Å². The van der Waals surface area contributed by atoms with Crippen LogP contribution in [0, 0.1) is 6.92 Å². The lowest BCUT2D eigenvalue weighted by molar-refractivity contribution is -0.362. The average molecular weight is 771 g/mol. The Morgan fingerprint density at radius 1 is 0.704 bits per heavy atom. The van der Waals surface area contributed by atoms with E-state index in [1.54, 1.807) is 6.92 Å². The zero-order chi connectivity index (χ0) is 39.3. The van der Waals surface area contributed by atoms with Gasteiger partial charge >= 0.3 is 0 Å². The first kappa shape index (κ1) is 40.0. The first-order valence-electron chi connectivity index (χ1n) is 16.8. The molecule has 15 atom stereocenters. The number of fused-ring (bicyclic) bond motifs is 1. The zero-order valence-corrected chi connectivity index (χ0v) is 28.6. The molecule has 6 unspecified atom stereocenters. The van der Waals surface area contributed by atoms with Crippen molar-refractivity contribution >= 4 is 11.0 Å². The number of ether oxygens (including phenoxy) is 6. The minimum Gasteiger partial charge on any atom is -0.508 e. The Kier molecular flexibility index (Phi) is 11.7. The van der Waals surface area contributed by atoms with E-state index in [0.29, 0.717) is 5.56 Å². The third-order valence-corrected chi connectivity index (χ3v) is 9.63. The first-order valence-corrected chi connectivity index (χ1v) is 16.8. The maximum atomic E-state index is 14.1. The van der Waals surface area contributed by atoms with Gasteiger partial charge in [-0.1, -0.05) is 0 Å². The van der Waals surface area contributed by atoms with Crippen LogP contribution in [0.2, 0.25) is 0 Å². The van der Waals surface area contributed by atoms with Crippen LogP contribution in [-0.2, 0) is 23.7 Å². The van der Waals surface area contributed by atoms with Crippen molar-refractivity contribution in [3.8, 4) is 34.3 Å². The van der Waals surface area contributed by atoms with E-state index in [-0.39, 0.29) is 22.7 Å². The van der Waals surface area contributed by atoms with Crippen molar-refractivity contribution in [1.29, 1.82) is 0 Å². The van der Waals surface area contributed by atoms with Gasteiger partial charge in [-0.2, -0.15) is 0 Å². The maximum absolute atomic E-state index is 14.1. The van der Waals surface area contributed by atoms with Crippen LogP contribution in [0.1, 0.15) is 12.5 Å². The predicted molar refractivity (Wildman–Crippen MR) is 176 cm³/mol. The highest BCUT2D eigenvalue weighted by Crippen LogP contribution is 2.39. The van der Waals surface area contributed by atoms with Gasteiger partial charge in [-0.05, 0) is 37.6 Å². The van der Waals surface area contributed by atoms with Gasteiger partial charge in [-0.15, -0.1) is 0 Å². The Morgan fingerprint density at radius 2 is 1.35 bits per heavy atom. The van der Waals surface area contributed by atoms with Crippen molar-refractivity contribution in [3.05, 3.63) is 46.1 Å². The van der Waals surface area contributed by atoms with Gasteiger partial charge in [0.25, 0.3) is 0 Å². The van der Waals surface area contributed by atoms with Gasteiger partial charge in [0, 0.05) is 17.7 Å². The fraction of sp³-hybridized carbons (Fsp3) is 0.559. The van der Waals surface area contributed by atoms with Crippen molar-refractivity contribution in [1.82, 2.24) is 0 Å². The Morgan fingerprint density at radius 3 is 2.04 bits per heavy atom. The number of hydrogen-bond donors (Lipinski definition) is 12. The average Bonchev–Trinajstić information content (AvgIpc) is 3.13. The SMILES string of the molecule is Cc1cc(-c2oc3cc(O)cc(O)c3c(=O)c2O[C@@H]2OC(CO[C@@H]3OC(C)[C@H](O)[C@H](O)C3O)[C@H](O)[C@@H](O)C2O[C@@H]2OC(CO)[C@@H](O)[C@@H](O)C2O)ccc1O. The lowest BCUT2D eigenvalue weighted by Crippen LogP contribution is -2.65. The molecule has 0 aliphatic carbocycles. The Hall–Kier alpha value is -3.71. The van der Waals surface area contributed by atoms with Crippen LogP contribution in [0.3, 0.4) is 0 Å². The molecule has 0 bridgehead atoms. The Labute approximate surface area is 304 Å². The number of aliphatic hydroxyl groups is 9. The molecule has 3 aliphatic rings.